The highest BCUT2D eigenvalue weighted by Gasteiger charge is 2.10. The molecule has 4 nitrogen and oxygen atoms in total. The minimum Gasteiger partial charge on any atom is -0.487 e. The molecule has 4 rings (SSSR count). The number of nitrogens with one attached hydrogen (secondary N) is 1. The van der Waals surface area contributed by atoms with Crippen molar-refractivity contribution in [2.45, 2.75) is 13.0 Å². The molecule has 33 heavy (non-hydrogen) atoms. The zero-order chi connectivity index (χ0) is 23.2. The largest absolute Gasteiger partial charge is 0.487 e. The van der Waals surface area contributed by atoms with Crippen molar-refractivity contribution >= 4 is 79.7 Å². The van der Waals surface area contributed by atoms with E-state index in [0.717, 1.165) is 40.4 Å². The van der Waals surface area contributed by atoms with Gasteiger partial charge in [-0.1, -0.05) is 72.3 Å². The number of carbonyl (C=O) groups excluding carboxylic acids is 1. The lowest BCUT2D eigenvalue weighted by Gasteiger charge is -2.12. The Morgan fingerprint density at radius 3 is 2.39 bits per heavy atom. The number of ether oxygens (including phenoxy) is 1. The van der Waals surface area contributed by atoms with Crippen molar-refractivity contribution in [1.29, 1.82) is 0 Å². The molecule has 0 saturated carbocycles. The quantitative estimate of drug-likeness (QED) is 0.130. The van der Waals surface area contributed by atoms with Crippen molar-refractivity contribution < 1.29 is 9.53 Å². The van der Waals surface area contributed by atoms with Crippen molar-refractivity contribution in [3.05, 3.63) is 108 Å². The summed E-state index contributed by atoms with van der Waals surface area (Å²) in [6.07, 6.45) is 1.91. The van der Waals surface area contributed by atoms with Crippen LogP contribution < -0.4 is 10.2 Å². The average Bonchev–Trinajstić information content (AvgIpc) is 2.80. The zero-order valence-electron chi connectivity index (χ0n) is 17.4. The molecule has 0 aliphatic carbocycles. The lowest BCUT2D eigenvalue weighted by Crippen LogP contribution is -2.19. The van der Waals surface area contributed by atoms with Crippen LogP contribution in [0.25, 0.3) is 10.8 Å². The Bertz CT molecular complexity index is 1310. The molecule has 0 heterocycles. The Labute approximate surface area is 224 Å². The van der Waals surface area contributed by atoms with Gasteiger partial charge >= 0.3 is 0 Å². The molecule has 0 unspecified atom stereocenters. The van der Waals surface area contributed by atoms with E-state index >= 15 is 0 Å². The summed E-state index contributed by atoms with van der Waals surface area (Å²) in [6, 6.07) is 25.6. The molecule has 4 aromatic rings. The van der Waals surface area contributed by atoms with Crippen LogP contribution in [-0.2, 0) is 17.8 Å². The average molecular weight is 681 g/mol. The second kappa shape index (κ2) is 11.3. The van der Waals surface area contributed by atoms with Crippen molar-refractivity contribution in [2.75, 3.05) is 0 Å². The molecule has 0 aliphatic rings. The summed E-state index contributed by atoms with van der Waals surface area (Å²) in [7, 11) is 0. The monoisotopic (exact) mass is 680 g/mol. The fraction of sp³-hybridized carbons (Fsp3) is 0.0769. The number of benzene rings is 4. The van der Waals surface area contributed by atoms with Gasteiger partial charge in [0.25, 0.3) is 0 Å². The number of amides is 1. The zero-order valence-corrected chi connectivity index (χ0v) is 22.5. The van der Waals surface area contributed by atoms with Gasteiger partial charge in [-0.2, -0.15) is 5.10 Å². The van der Waals surface area contributed by atoms with Gasteiger partial charge in [0, 0.05) is 10.6 Å². The summed E-state index contributed by atoms with van der Waals surface area (Å²) < 4.78 is 7.93. The predicted octanol–water partition coefficient (Wildman–Crippen LogP) is 6.97. The summed E-state index contributed by atoms with van der Waals surface area (Å²) >= 11 is 10.7. The predicted molar refractivity (Wildman–Crippen MR) is 151 cm³/mol. The number of hydrogen-bond acceptors (Lipinski definition) is 3. The first-order valence-electron chi connectivity index (χ1n) is 10.1. The van der Waals surface area contributed by atoms with E-state index < -0.39 is 0 Å². The number of halogens is 3. The smallest absolute Gasteiger partial charge is 0.244 e. The highest BCUT2D eigenvalue weighted by Crippen LogP contribution is 2.30. The van der Waals surface area contributed by atoms with E-state index in [4.69, 9.17) is 16.3 Å². The van der Waals surface area contributed by atoms with Crippen molar-refractivity contribution in [3.63, 3.8) is 0 Å². The number of fused-ring (bicyclic) bond motifs is 1. The third-order valence-electron chi connectivity index (χ3n) is 4.98. The number of rotatable bonds is 7. The van der Waals surface area contributed by atoms with E-state index in [0.29, 0.717) is 11.6 Å². The third kappa shape index (κ3) is 6.24. The summed E-state index contributed by atoms with van der Waals surface area (Å²) in [4.78, 5) is 12.4. The van der Waals surface area contributed by atoms with Crippen LogP contribution in [0.4, 0.5) is 0 Å². The molecule has 0 spiro atoms. The maximum absolute atomic E-state index is 12.4. The lowest BCUT2D eigenvalue weighted by atomic mass is 10.0. The minimum atomic E-state index is -0.160. The SMILES string of the molecule is O=C(Cc1cccc2ccccc12)N/N=C\c1cc(I)c(OCc2ccccc2Cl)c(I)c1. The van der Waals surface area contributed by atoms with Gasteiger partial charge in [0.2, 0.25) is 5.91 Å². The van der Waals surface area contributed by atoms with Crippen LogP contribution in [0.15, 0.2) is 84.0 Å². The number of hydrogen-bond donors (Lipinski definition) is 1. The van der Waals surface area contributed by atoms with Gasteiger partial charge < -0.3 is 4.74 Å². The summed E-state index contributed by atoms with van der Waals surface area (Å²) in [5.41, 5.74) is 5.42. The van der Waals surface area contributed by atoms with Crippen LogP contribution in [0.5, 0.6) is 5.75 Å². The molecule has 0 atom stereocenters. The summed E-state index contributed by atoms with van der Waals surface area (Å²) in [5.74, 6) is 0.639. The molecule has 0 radical (unpaired) electrons. The van der Waals surface area contributed by atoms with Gasteiger partial charge in [-0.05, 0) is 85.3 Å². The van der Waals surface area contributed by atoms with Crippen LogP contribution in [0.1, 0.15) is 16.7 Å². The van der Waals surface area contributed by atoms with Gasteiger partial charge in [0.15, 0.2) is 0 Å². The highest BCUT2D eigenvalue weighted by atomic mass is 127. The van der Waals surface area contributed by atoms with E-state index in [1.54, 1.807) is 6.21 Å². The number of carbonyl (C=O) groups is 1. The molecular formula is C26H19ClI2N2O2. The van der Waals surface area contributed by atoms with Gasteiger partial charge in [-0.25, -0.2) is 5.43 Å². The molecular weight excluding hydrogens is 662 g/mol. The first kappa shape index (κ1) is 24.0. The lowest BCUT2D eigenvalue weighted by molar-refractivity contribution is -0.120. The van der Waals surface area contributed by atoms with Crippen LogP contribution >= 0.6 is 56.8 Å². The second-order valence-electron chi connectivity index (χ2n) is 7.30. The van der Waals surface area contributed by atoms with Crippen LogP contribution in [-0.4, -0.2) is 12.1 Å². The molecule has 0 saturated heterocycles. The van der Waals surface area contributed by atoms with Crippen molar-refractivity contribution in [3.8, 4) is 5.75 Å². The van der Waals surface area contributed by atoms with Crippen LogP contribution in [0, 0.1) is 7.14 Å². The van der Waals surface area contributed by atoms with E-state index in [1.807, 2.05) is 78.9 Å². The van der Waals surface area contributed by atoms with Crippen molar-refractivity contribution in [2.24, 2.45) is 5.10 Å². The second-order valence-corrected chi connectivity index (χ2v) is 10.0. The molecule has 166 valence electrons. The first-order chi connectivity index (χ1) is 16.0. The molecule has 7 heteroatoms. The standard InChI is InChI=1S/C26H19ClI2N2O2/c27-22-11-4-2-7-20(22)16-33-26-23(28)12-17(13-24(26)29)15-30-31-25(32)14-19-9-5-8-18-6-1-3-10-21(18)19/h1-13,15H,14,16H2,(H,31,32)/b30-15-. The van der Waals surface area contributed by atoms with E-state index in [-0.39, 0.29) is 12.3 Å². The Morgan fingerprint density at radius 2 is 1.61 bits per heavy atom. The Balaban J connectivity index is 1.39. The van der Waals surface area contributed by atoms with Gasteiger partial charge in [-0.3, -0.25) is 4.79 Å². The number of hydrazone groups is 1. The van der Waals surface area contributed by atoms with Gasteiger partial charge in [0.05, 0.1) is 19.8 Å². The molecule has 1 N–H and O–H groups in total. The maximum Gasteiger partial charge on any atom is 0.244 e. The number of nitrogens with zero attached hydrogens (tertiary/aromatic N) is 1. The van der Waals surface area contributed by atoms with E-state index in [2.05, 4.69) is 55.7 Å². The summed E-state index contributed by atoms with van der Waals surface area (Å²) in [5, 5.41) is 7.03. The Morgan fingerprint density at radius 1 is 0.939 bits per heavy atom. The minimum absolute atomic E-state index is 0.160. The highest BCUT2D eigenvalue weighted by molar-refractivity contribution is 14.1. The van der Waals surface area contributed by atoms with E-state index in [9.17, 15) is 4.79 Å². The normalized spacial score (nSPS) is 11.1. The Kier molecular flexibility index (Phi) is 8.21. The van der Waals surface area contributed by atoms with Gasteiger partial charge in [-0.15, -0.1) is 0 Å². The molecule has 0 bridgehead atoms. The first-order valence-corrected chi connectivity index (χ1v) is 12.7. The Hall–Kier alpha value is -2.17. The fourth-order valence-electron chi connectivity index (χ4n) is 3.40. The van der Waals surface area contributed by atoms with E-state index in [1.165, 1.54) is 0 Å². The molecule has 0 aliphatic heterocycles. The molecule has 0 fully saturated rings. The fourth-order valence-corrected chi connectivity index (χ4v) is 5.71. The third-order valence-corrected chi connectivity index (χ3v) is 6.96. The van der Waals surface area contributed by atoms with Crippen LogP contribution in [0.3, 0.4) is 0 Å². The summed E-state index contributed by atoms with van der Waals surface area (Å²) in [6.45, 7) is 0.392. The van der Waals surface area contributed by atoms with Gasteiger partial charge in [0.1, 0.15) is 12.4 Å². The molecule has 1 amide bonds. The topological polar surface area (TPSA) is 50.7 Å². The van der Waals surface area contributed by atoms with Crippen LogP contribution in [0.2, 0.25) is 5.02 Å². The molecule has 0 aromatic heterocycles. The molecule has 4 aromatic carbocycles. The van der Waals surface area contributed by atoms with Crippen molar-refractivity contribution in [1.82, 2.24) is 5.43 Å². The maximum atomic E-state index is 12.4.